The van der Waals surface area contributed by atoms with Crippen LogP contribution >= 0.6 is 0 Å². The first kappa shape index (κ1) is 16.4. The van der Waals surface area contributed by atoms with Crippen molar-refractivity contribution in [1.29, 1.82) is 0 Å². The third-order valence-corrected chi connectivity index (χ3v) is 7.34. The molecule has 2 heteroatoms. The molecule has 0 aromatic carbocycles. The molecule has 124 valence electrons. The topological polar surface area (TPSA) is 9.23 Å². The maximum atomic E-state index is 6.23. The maximum absolute atomic E-state index is 6.23. The lowest BCUT2D eigenvalue weighted by molar-refractivity contribution is 0.0976. The molecule has 22 heavy (non-hydrogen) atoms. The lowest BCUT2D eigenvalue weighted by Gasteiger charge is -2.36. The Balaban J connectivity index is 1.78. The van der Waals surface area contributed by atoms with Crippen LogP contribution in [-0.2, 0) is 14.8 Å². The normalized spacial score (nSPS) is 27.4. The Morgan fingerprint density at radius 1 is 1.32 bits per heavy atom. The zero-order chi connectivity index (χ0) is 15.5. The van der Waals surface area contributed by atoms with Crippen molar-refractivity contribution in [1.82, 2.24) is 0 Å². The Kier molecular flexibility index (Phi) is 5.51. The second-order valence-electron chi connectivity index (χ2n) is 7.08. The Labute approximate surface area is 138 Å². The van der Waals surface area contributed by atoms with Gasteiger partial charge in [0.05, 0.1) is 6.10 Å². The van der Waals surface area contributed by atoms with E-state index in [4.69, 9.17) is 4.74 Å². The average Bonchev–Trinajstić information content (AvgIpc) is 3.17. The average molecular weight is 320 g/mol. The fraction of sp³-hybridized carbons (Fsp3) is 0.700. The number of fused-ring (bicyclic) bond motifs is 1. The minimum absolute atomic E-state index is 0.270. The van der Waals surface area contributed by atoms with Crippen LogP contribution in [0.3, 0.4) is 0 Å². The first-order valence-electron chi connectivity index (χ1n) is 9.11. The summed E-state index contributed by atoms with van der Waals surface area (Å²) < 4.78 is 6.23. The molecule has 3 aliphatic rings. The molecule has 1 aliphatic heterocycles. The fourth-order valence-corrected chi connectivity index (χ4v) is 5.82. The highest BCUT2D eigenvalue weighted by atomic mass is 32.2. The number of hydrogen-bond donors (Lipinski definition) is 0. The van der Waals surface area contributed by atoms with E-state index in [0.717, 1.165) is 24.9 Å². The van der Waals surface area contributed by atoms with Crippen LogP contribution in [0.4, 0.5) is 0 Å². The Morgan fingerprint density at radius 3 is 2.82 bits per heavy atom. The molecule has 0 amide bonds. The lowest BCUT2D eigenvalue weighted by Crippen LogP contribution is -2.32. The molecule has 3 rings (SSSR count). The van der Waals surface area contributed by atoms with Gasteiger partial charge in [0.1, 0.15) is 0 Å². The monoisotopic (exact) mass is 319 g/mol. The number of allylic oxidation sites excluding steroid dienone is 2. The second-order valence-corrected chi connectivity index (χ2v) is 8.91. The predicted octanol–water partition coefficient (Wildman–Crippen LogP) is 4.49. The van der Waals surface area contributed by atoms with E-state index < -0.39 is 0 Å². The summed E-state index contributed by atoms with van der Waals surface area (Å²) in [5.41, 5.74) is 3.17. The van der Waals surface area contributed by atoms with Crippen LogP contribution in [0.1, 0.15) is 58.8 Å². The van der Waals surface area contributed by atoms with Crippen molar-refractivity contribution in [2.75, 3.05) is 12.9 Å². The zero-order valence-corrected chi connectivity index (χ0v) is 15.3. The third-order valence-electron chi connectivity index (χ3n) is 5.62. The van der Waals surface area contributed by atoms with Crippen molar-refractivity contribution in [3.8, 4) is 0 Å². The summed E-state index contributed by atoms with van der Waals surface area (Å²) in [5, 5.41) is 2.40. The van der Waals surface area contributed by atoms with Gasteiger partial charge in [0.2, 0.25) is 0 Å². The van der Waals surface area contributed by atoms with Gasteiger partial charge in [0.15, 0.2) is 0 Å². The Hall–Kier alpha value is -0.470. The molecule has 1 fully saturated rings. The molecule has 0 N–H and O–H groups in total. The molecule has 2 atom stereocenters. The minimum Gasteiger partial charge on any atom is -0.468 e. The highest BCUT2D eigenvalue weighted by Gasteiger charge is 2.30. The van der Waals surface area contributed by atoms with Gasteiger partial charge in [0.25, 0.3) is 0 Å². The molecule has 0 radical (unpaired) electrons. The van der Waals surface area contributed by atoms with Crippen LogP contribution in [0.15, 0.2) is 23.3 Å². The van der Waals surface area contributed by atoms with E-state index in [9.17, 15) is 0 Å². The van der Waals surface area contributed by atoms with E-state index in [1.807, 2.05) is 0 Å². The number of unbranched alkanes of at least 4 members (excludes halogenated alkanes) is 1. The van der Waals surface area contributed by atoms with Crippen LogP contribution in [0.25, 0.3) is 0 Å². The molecule has 1 heterocycles. The SMILES string of the molecule is CCCCOC1CC=C(C(C)C2CCCC2)C2=CC=[S-](C)=C21. The molecular weight excluding hydrogens is 288 g/mol. The standard InChI is InChI=1S/C20H31OS/c1-4-5-13-21-19-11-10-17(15(2)16-8-6-7-9-16)18-12-14-22(3)20(18)19/h10,12,14-16,19H,4-9,11,13H2,1-3H3/q-1. The van der Waals surface area contributed by atoms with Gasteiger partial charge in [0, 0.05) is 6.61 Å². The largest absolute Gasteiger partial charge is 0.468 e. The molecule has 0 aromatic heterocycles. The first-order chi connectivity index (χ1) is 10.7. The zero-order valence-electron chi connectivity index (χ0n) is 14.4. The van der Waals surface area contributed by atoms with E-state index in [-0.39, 0.29) is 10.1 Å². The third kappa shape index (κ3) is 3.23. The van der Waals surface area contributed by atoms with Gasteiger partial charge in [-0.1, -0.05) is 45.3 Å². The quantitative estimate of drug-likeness (QED) is 0.398. The molecule has 0 aromatic rings. The number of rotatable bonds is 6. The molecule has 0 spiro atoms. The molecule has 1 saturated carbocycles. The maximum Gasteiger partial charge on any atom is 0.0628 e. The smallest absolute Gasteiger partial charge is 0.0628 e. The molecule has 2 unspecified atom stereocenters. The highest BCUT2D eigenvalue weighted by molar-refractivity contribution is 7.95. The molecular formula is C20H31OS-. The van der Waals surface area contributed by atoms with Crippen LogP contribution in [-0.4, -0.2) is 29.2 Å². The van der Waals surface area contributed by atoms with Crippen LogP contribution in [0.2, 0.25) is 0 Å². The summed E-state index contributed by atoms with van der Waals surface area (Å²) in [5.74, 6) is 1.63. The molecule has 1 nitrogen and oxygen atoms in total. The Bertz CT molecular complexity index is 554. The van der Waals surface area contributed by atoms with Crippen LogP contribution in [0.5, 0.6) is 0 Å². The Morgan fingerprint density at radius 2 is 2.09 bits per heavy atom. The van der Waals surface area contributed by atoms with Crippen molar-refractivity contribution >= 4 is 20.3 Å². The summed E-state index contributed by atoms with van der Waals surface area (Å²) in [6.07, 6.45) is 16.8. The molecule has 0 saturated heterocycles. The van der Waals surface area contributed by atoms with E-state index in [1.165, 1.54) is 44.1 Å². The van der Waals surface area contributed by atoms with E-state index in [1.54, 1.807) is 10.4 Å². The van der Waals surface area contributed by atoms with Crippen LogP contribution in [0, 0.1) is 11.8 Å². The lowest BCUT2D eigenvalue weighted by atomic mass is 9.78. The van der Waals surface area contributed by atoms with Gasteiger partial charge < -0.3 is 14.8 Å². The summed E-state index contributed by atoms with van der Waals surface area (Å²) in [7, 11) is 0.270. The van der Waals surface area contributed by atoms with E-state index in [2.05, 4.69) is 37.6 Å². The summed E-state index contributed by atoms with van der Waals surface area (Å²) in [6, 6.07) is 0. The summed E-state index contributed by atoms with van der Waals surface area (Å²) in [6.45, 7) is 5.61. The van der Waals surface area contributed by atoms with Gasteiger partial charge in [-0.25, -0.2) is 0 Å². The number of hydrogen-bond acceptors (Lipinski definition) is 2. The summed E-state index contributed by atoms with van der Waals surface area (Å²) >= 11 is 0. The second kappa shape index (κ2) is 7.40. The van der Waals surface area contributed by atoms with E-state index in [0.29, 0.717) is 6.10 Å². The van der Waals surface area contributed by atoms with Crippen molar-refractivity contribution in [2.24, 2.45) is 11.8 Å². The molecule has 0 bridgehead atoms. The summed E-state index contributed by atoms with van der Waals surface area (Å²) in [4.78, 5) is 1.60. The molecule has 2 aliphatic carbocycles. The minimum atomic E-state index is 0.270. The van der Waals surface area contributed by atoms with Crippen molar-refractivity contribution in [3.05, 3.63) is 23.3 Å². The van der Waals surface area contributed by atoms with Gasteiger partial charge >= 0.3 is 0 Å². The fourth-order valence-electron chi connectivity index (χ4n) is 4.23. The van der Waals surface area contributed by atoms with Crippen LogP contribution < -0.4 is 0 Å². The van der Waals surface area contributed by atoms with Crippen molar-refractivity contribution < 1.29 is 4.74 Å². The highest BCUT2D eigenvalue weighted by Crippen LogP contribution is 2.40. The van der Waals surface area contributed by atoms with Crippen molar-refractivity contribution in [2.45, 2.75) is 64.9 Å². The predicted molar refractivity (Wildman–Crippen MR) is 101 cm³/mol. The van der Waals surface area contributed by atoms with E-state index >= 15 is 0 Å². The van der Waals surface area contributed by atoms with Crippen molar-refractivity contribution in [3.63, 3.8) is 0 Å². The van der Waals surface area contributed by atoms with Gasteiger partial charge in [-0.15, -0.1) is 11.1 Å². The number of ether oxygens (including phenoxy) is 1. The first-order valence-corrected chi connectivity index (χ1v) is 10.8. The van der Waals surface area contributed by atoms with Gasteiger partial charge in [-0.3, -0.25) is 0 Å². The van der Waals surface area contributed by atoms with Gasteiger partial charge in [-0.05, 0) is 48.7 Å². The van der Waals surface area contributed by atoms with Gasteiger partial charge in [-0.2, -0.15) is 5.37 Å².